The molecular weight excluding hydrogens is 206 g/mol. The number of nitrogens with zero attached hydrogens (tertiary/aromatic N) is 2. The Labute approximate surface area is 93.6 Å². The smallest absolute Gasteiger partial charge is 0.227 e. The predicted octanol–water partition coefficient (Wildman–Crippen LogP) is 1.92. The first-order valence-corrected chi connectivity index (χ1v) is 5.29. The maximum Gasteiger partial charge on any atom is 0.227 e. The SMILES string of the molecule is Cc1occc1-c1noc(CCC(C)N)n1. The van der Waals surface area contributed by atoms with Crippen molar-refractivity contribution < 1.29 is 8.94 Å². The van der Waals surface area contributed by atoms with E-state index in [0.29, 0.717) is 18.1 Å². The molecule has 0 aliphatic carbocycles. The van der Waals surface area contributed by atoms with Gasteiger partial charge in [0.05, 0.1) is 11.8 Å². The van der Waals surface area contributed by atoms with Crippen LogP contribution < -0.4 is 5.73 Å². The Bertz CT molecular complexity index is 459. The fraction of sp³-hybridized carbons (Fsp3) is 0.455. The average Bonchev–Trinajstić information content (AvgIpc) is 2.83. The maximum atomic E-state index is 5.66. The van der Waals surface area contributed by atoms with Gasteiger partial charge in [0, 0.05) is 12.5 Å². The van der Waals surface area contributed by atoms with E-state index in [0.717, 1.165) is 17.7 Å². The lowest BCUT2D eigenvalue weighted by Crippen LogP contribution is -2.15. The number of nitrogens with two attached hydrogens (primary N) is 1. The number of rotatable bonds is 4. The fourth-order valence-corrected chi connectivity index (χ4v) is 1.43. The van der Waals surface area contributed by atoms with E-state index in [2.05, 4.69) is 10.1 Å². The number of hydrogen-bond donors (Lipinski definition) is 1. The summed E-state index contributed by atoms with van der Waals surface area (Å²) in [5.41, 5.74) is 6.53. The highest BCUT2D eigenvalue weighted by Crippen LogP contribution is 2.21. The van der Waals surface area contributed by atoms with Gasteiger partial charge >= 0.3 is 0 Å². The summed E-state index contributed by atoms with van der Waals surface area (Å²) >= 11 is 0. The summed E-state index contributed by atoms with van der Waals surface area (Å²) in [7, 11) is 0. The number of hydrogen-bond acceptors (Lipinski definition) is 5. The third-order valence-corrected chi connectivity index (χ3v) is 2.38. The van der Waals surface area contributed by atoms with Crippen molar-refractivity contribution in [3.63, 3.8) is 0 Å². The lowest BCUT2D eigenvalue weighted by molar-refractivity contribution is 0.372. The molecule has 2 aromatic rings. The van der Waals surface area contributed by atoms with E-state index in [1.807, 2.05) is 19.9 Å². The zero-order chi connectivity index (χ0) is 11.5. The van der Waals surface area contributed by atoms with Gasteiger partial charge < -0.3 is 14.7 Å². The second kappa shape index (κ2) is 4.49. The van der Waals surface area contributed by atoms with Gasteiger partial charge in [-0.2, -0.15) is 4.98 Å². The van der Waals surface area contributed by atoms with Gasteiger partial charge in [0.1, 0.15) is 5.76 Å². The molecule has 0 saturated carbocycles. The molecule has 0 fully saturated rings. The van der Waals surface area contributed by atoms with Crippen LogP contribution in [0.3, 0.4) is 0 Å². The molecule has 16 heavy (non-hydrogen) atoms. The van der Waals surface area contributed by atoms with Crippen LogP contribution in [-0.4, -0.2) is 16.2 Å². The first kappa shape index (κ1) is 10.9. The molecule has 0 saturated heterocycles. The molecular formula is C11H15N3O2. The Morgan fingerprint density at radius 1 is 1.50 bits per heavy atom. The number of aromatic nitrogens is 2. The summed E-state index contributed by atoms with van der Waals surface area (Å²) in [5, 5.41) is 3.91. The average molecular weight is 221 g/mol. The van der Waals surface area contributed by atoms with Gasteiger partial charge in [-0.05, 0) is 26.3 Å². The second-order valence-electron chi connectivity index (χ2n) is 3.92. The lowest BCUT2D eigenvalue weighted by Gasteiger charge is -1.99. The molecule has 86 valence electrons. The lowest BCUT2D eigenvalue weighted by atomic mass is 10.2. The van der Waals surface area contributed by atoms with Crippen LogP contribution in [0.2, 0.25) is 0 Å². The van der Waals surface area contributed by atoms with Crippen molar-refractivity contribution in [3.8, 4) is 11.4 Å². The van der Waals surface area contributed by atoms with Gasteiger partial charge in [-0.15, -0.1) is 0 Å². The van der Waals surface area contributed by atoms with E-state index in [4.69, 9.17) is 14.7 Å². The Kier molecular flexibility index (Phi) is 3.05. The van der Waals surface area contributed by atoms with Crippen LogP contribution in [0.25, 0.3) is 11.4 Å². The molecule has 5 heteroatoms. The number of aryl methyl sites for hydroxylation is 2. The number of furan rings is 1. The van der Waals surface area contributed by atoms with E-state index >= 15 is 0 Å². The van der Waals surface area contributed by atoms with Crippen LogP contribution in [-0.2, 0) is 6.42 Å². The van der Waals surface area contributed by atoms with Crippen molar-refractivity contribution in [2.24, 2.45) is 5.73 Å². The first-order chi connectivity index (χ1) is 7.66. The Morgan fingerprint density at radius 2 is 2.31 bits per heavy atom. The molecule has 0 aliphatic heterocycles. The first-order valence-electron chi connectivity index (χ1n) is 5.29. The zero-order valence-electron chi connectivity index (χ0n) is 9.43. The van der Waals surface area contributed by atoms with Gasteiger partial charge in [-0.1, -0.05) is 5.16 Å². The monoisotopic (exact) mass is 221 g/mol. The van der Waals surface area contributed by atoms with Crippen LogP contribution in [0.15, 0.2) is 21.3 Å². The second-order valence-corrected chi connectivity index (χ2v) is 3.92. The summed E-state index contributed by atoms with van der Waals surface area (Å²) in [5.74, 6) is 1.98. The maximum absolute atomic E-state index is 5.66. The molecule has 0 radical (unpaired) electrons. The molecule has 0 bridgehead atoms. The van der Waals surface area contributed by atoms with Crippen molar-refractivity contribution in [1.29, 1.82) is 0 Å². The van der Waals surface area contributed by atoms with E-state index < -0.39 is 0 Å². The molecule has 0 spiro atoms. The fourth-order valence-electron chi connectivity index (χ4n) is 1.43. The van der Waals surface area contributed by atoms with E-state index in [-0.39, 0.29) is 6.04 Å². The van der Waals surface area contributed by atoms with Gasteiger partial charge in [0.15, 0.2) is 0 Å². The minimum Gasteiger partial charge on any atom is -0.469 e. The third kappa shape index (κ3) is 2.30. The van der Waals surface area contributed by atoms with E-state index in [1.54, 1.807) is 6.26 Å². The highest BCUT2D eigenvalue weighted by atomic mass is 16.5. The summed E-state index contributed by atoms with van der Waals surface area (Å²) in [6.07, 6.45) is 3.16. The van der Waals surface area contributed by atoms with Gasteiger partial charge in [-0.3, -0.25) is 0 Å². The van der Waals surface area contributed by atoms with Crippen molar-refractivity contribution in [1.82, 2.24) is 10.1 Å². The van der Waals surface area contributed by atoms with Gasteiger partial charge in [0.25, 0.3) is 0 Å². The van der Waals surface area contributed by atoms with Crippen molar-refractivity contribution in [2.75, 3.05) is 0 Å². The van der Waals surface area contributed by atoms with Crippen LogP contribution in [0, 0.1) is 6.92 Å². The Balaban J connectivity index is 2.11. The minimum atomic E-state index is 0.144. The zero-order valence-corrected chi connectivity index (χ0v) is 9.43. The van der Waals surface area contributed by atoms with Gasteiger partial charge in [-0.25, -0.2) is 0 Å². The Morgan fingerprint density at radius 3 is 2.94 bits per heavy atom. The molecule has 1 unspecified atom stereocenters. The van der Waals surface area contributed by atoms with E-state index in [1.165, 1.54) is 0 Å². The molecule has 2 heterocycles. The summed E-state index contributed by atoms with van der Waals surface area (Å²) in [6.45, 7) is 3.82. The summed E-state index contributed by atoms with van der Waals surface area (Å²) in [6, 6.07) is 1.97. The molecule has 2 aromatic heterocycles. The topological polar surface area (TPSA) is 78.1 Å². The third-order valence-electron chi connectivity index (χ3n) is 2.38. The minimum absolute atomic E-state index is 0.144. The standard InChI is InChI=1S/C11H15N3O2/c1-7(12)3-4-10-13-11(14-16-10)9-5-6-15-8(9)2/h5-7H,3-4,12H2,1-2H3. The van der Waals surface area contributed by atoms with Gasteiger partial charge in [0.2, 0.25) is 11.7 Å². The van der Waals surface area contributed by atoms with Crippen LogP contribution in [0.1, 0.15) is 25.0 Å². The predicted molar refractivity (Wildman–Crippen MR) is 58.7 cm³/mol. The molecule has 1 atom stereocenters. The molecule has 0 aliphatic rings. The highest BCUT2D eigenvalue weighted by Gasteiger charge is 2.12. The van der Waals surface area contributed by atoms with Crippen molar-refractivity contribution >= 4 is 0 Å². The highest BCUT2D eigenvalue weighted by molar-refractivity contribution is 5.55. The molecule has 0 aromatic carbocycles. The normalized spacial score (nSPS) is 12.9. The molecule has 2 N–H and O–H groups in total. The van der Waals surface area contributed by atoms with Crippen molar-refractivity contribution in [3.05, 3.63) is 24.0 Å². The van der Waals surface area contributed by atoms with E-state index in [9.17, 15) is 0 Å². The van der Waals surface area contributed by atoms with Crippen LogP contribution in [0.5, 0.6) is 0 Å². The largest absolute Gasteiger partial charge is 0.469 e. The molecule has 5 nitrogen and oxygen atoms in total. The molecule has 0 amide bonds. The van der Waals surface area contributed by atoms with Crippen LogP contribution >= 0.6 is 0 Å². The Hall–Kier alpha value is -1.62. The quantitative estimate of drug-likeness (QED) is 0.853. The van der Waals surface area contributed by atoms with Crippen LogP contribution in [0.4, 0.5) is 0 Å². The summed E-state index contributed by atoms with van der Waals surface area (Å²) in [4.78, 5) is 4.29. The van der Waals surface area contributed by atoms with Crippen molar-refractivity contribution in [2.45, 2.75) is 32.7 Å². The summed E-state index contributed by atoms with van der Waals surface area (Å²) < 4.78 is 10.3. The molecule has 2 rings (SSSR count).